The van der Waals surface area contributed by atoms with Crippen molar-refractivity contribution in [1.29, 1.82) is 0 Å². The van der Waals surface area contributed by atoms with Gasteiger partial charge in [-0.3, -0.25) is 4.79 Å². The fourth-order valence-corrected chi connectivity index (χ4v) is 3.62. The van der Waals surface area contributed by atoms with Gasteiger partial charge in [-0.05, 0) is 29.2 Å². The van der Waals surface area contributed by atoms with E-state index in [1.165, 1.54) is 0 Å². The first-order chi connectivity index (χ1) is 10.6. The van der Waals surface area contributed by atoms with Crippen molar-refractivity contribution in [3.05, 3.63) is 34.3 Å². The van der Waals surface area contributed by atoms with Gasteiger partial charge in [0.2, 0.25) is 12.7 Å². The van der Waals surface area contributed by atoms with Crippen LogP contribution >= 0.6 is 11.5 Å². The number of benzene rings is 1. The number of hydrogen-bond donors (Lipinski definition) is 2. The Balaban J connectivity index is 1.80. The standard InChI is InChI=1S/C14H10N2O5S/c17-10-4-7(6-1-2-8-9(3-6)21-5-20-8)13-11(15-10)12(14(18)19)16-22-13/h1-3,7H,4-5H2,(H,15,17)(H,18,19)/t7-/m0/s1. The van der Waals surface area contributed by atoms with Crippen LogP contribution in [0.4, 0.5) is 5.69 Å². The summed E-state index contributed by atoms with van der Waals surface area (Å²) in [6.45, 7) is 0.179. The van der Waals surface area contributed by atoms with Crippen LogP contribution in [0, 0.1) is 0 Å². The summed E-state index contributed by atoms with van der Waals surface area (Å²) < 4.78 is 14.6. The molecule has 22 heavy (non-hydrogen) atoms. The van der Waals surface area contributed by atoms with Crippen LogP contribution in [0.2, 0.25) is 0 Å². The Morgan fingerprint density at radius 2 is 2.18 bits per heavy atom. The molecule has 2 aliphatic heterocycles. The second-order valence-electron chi connectivity index (χ2n) is 4.99. The van der Waals surface area contributed by atoms with Gasteiger partial charge in [-0.1, -0.05) is 6.07 Å². The number of aromatic nitrogens is 1. The maximum atomic E-state index is 11.9. The van der Waals surface area contributed by atoms with Crippen LogP contribution in [-0.4, -0.2) is 28.1 Å². The SMILES string of the molecule is O=C1C[C@@H](c2ccc3c(c2)OCO3)c2snc(C(=O)O)c2N1. The zero-order chi connectivity index (χ0) is 15.3. The average molecular weight is 318 g/mol. The lowest BCUT2D eigenvalue weighted by atomic mass is 9.90. The first-order valence-corrected chi connectivity index (χ1v) is 7.33. The number of fused-ring (bicyclic) bond motifs is 2. The molecular formula is C14H10N2O5S. The van der Waals surface area contributed by atoms with E-state index in [9.17, 15) is 9.59 Å². The number of hydrogen-bond acceptors (Lipinski definition) is 6. The summed E-state index contributed by atoms with van der Waals surface area (Å²) in [6.07, 6.45) is 0.244. The quantitative estimate of drug-likeness (QED) is 0.879. The third kappa shape index (κ3) is 1.92. The number of ether oxygens (including phenoxy) is 2. The Morgan fingerprint density at radius 3 is 3.00 bits per heavy atom. The van der Waals surface area contributed by atoms with E-state index in [1.54, 1.807) is 6.07 Å². The van der Waals surface area contributed by atoms with Crippen molar-refractivity contribution >= 4 is 29.1 Å². The highest BCUT2D eigenvalue weighted by atomic mass is 32.1. The molecule has 4 rings (SSSR count). The summed E-state index contributed by atoms with van der Waals surface area (Å²) in [4.78, 5) is 23.9. The lowest BCUT2D eigenvalue weighted by molar-refractivity contribution is -0.116. The molecule has 0 radical (unpaired) electrons. The Morgan fingerprint density at radius 1 is 1.36 bits per heavy atom. The molecule has 1 aromatic carbocycles. The first-order valence-electron chi connectivity index (χ1n) is 6.55. The zero-order valence-electron chi connectivity index (χ0n) is 11.2. The van der Waals surface area contributed by atoms with Crippen LogP contribution in [0.1, 0.15) is 33.3 Å². The van der Waals surface area contributed by atoms with Gasteiger partial charge in [0.25, 0.3) is 0 Å². The van der Waals surface area contributed by atoms with Crippen molar-refractivity contribution in [2.75, 3.05) is 12.1 Å². The van der Waals surface area contributed by atoms with Crippen LogP contribution in [0.15, 0.2) is 18.2 Å². The molecule has 2 N–H and O–H groups in total. The second-order valence-corrected chi connectivity index (χ2v) is 5.80. The average Bonchev–Trinajstić information content (AvgIpc) is 3.11. The largest absolute Gasteiger partial charge is 0.476 e. The van der Waals surface area contributed by atoms with Crippen LogP contribution < -0.4 is 14.8 Å². The molecule has 2 aliphatic rings. The van der Waals surface area contributed by atoms with Gasteiger partial charge in [-0.2, -0.15) is 4.37 Å². The molecule has 3 heterocycles. The summed E-state index contributed by atoms with van der Waals surface area (Å²) in [7, 11) is 0. The number of amides is 1. The van der Waals surface area contributed by atoms with E-state index in [0.717, 1.165) is 22.0 Å². The highest BCUT2D eigenvalue weighted by Crippen LogP contribution is 2.44. The minimum atomic E-state index is -1.15. The lowest BCUT2D eigenvalue weighted by Gasteiger charge is -2.22. The van der Waals surface area contributed by atoms with Gasteiger partial charge in [-0.15, -0.1) is 0 Å². The molecular weight excluding hydrogens is 308 g/mol. The normalized spacial score (nSPS) is 18.7. The zero-order valence-corrected chi connectivity index (χ0v) is 12.0. The first kappa shape index (κ1) is 13.1. The van der Waals surface area contributed by atoms with Crippen LogP contribution in [0.25, 0.3) is 0 Å². The number of carboxylic acids is 1. The number of carbonyl (C=O) groups is 2. The van der Waals surface area contributed by atoms with Gasteiger partial charge in [0.1, 0.15) is 0 Å². The van der Waals surface area contributed by atoms with E-state index >= 15 is 0 Å². The Hall–Kier alpha value is -2.61. The lowest BCUT2D eigenvalue weighted by Crippen LogP contribution is -2.23. The highest BCUT2D eigenvalue weighted by Gasteiger charge is 2.33. The van der Waals surface area contributed by atoms with Crippen molar-refractivity contribution < 1.29 is 24.2 Å². The smallest absolute Gasteiger partial charge is 0.357 e. The maximum Gasteiger partial charge on any atom is 0.357 e. The molecule has 0 bridgehead atoms. The molecule has 0 aliphatic carbocycles. The number of aromatic carboxylic acids is 1. The number of nitrogens with zero attached hydrogens (tertiary/aromatic N) is 1. The monoisotopic (exact) mass is 318 g/mol. The van der Waals surface area contributed by atoms with Crippen molar-refractivity contribution in [1.82, 2.24) is 4.37 Å². The summed E-state index contributed by atoms with van der Waals surface area (Å²) in [5, 5.41) is 11.8. The fourth-order valence-electron chi connectivity index (χ4n) is 2.68. The number of carboxylic acid groups (broad SMARTS) is 1. The van der Waals surface area contributed by atoms with Gasteiger partial charge in [-0.25, -0.2) is 4.79 Å². The Bertz CT molecular complexity index is 801. The highest BCUT2D eigenvalue weighted by molar-refractivity contribution is 7.06. The van der Waals surface area contributed by atoms with Crippen molar-refractivity contribution in [2.45, 2.75) is 12.3 Å². The van der Waals surface area contributed by atoms with Crippen molar-refractivity contribution in [3.8, 4) is 11.5 Å². The van der Waals surface area contributed by atoms with Crippen LogP contribution in [0.5, 0.6) is 11.5 Å². The molecule has 7 nitrogen and oxygen atoms in total. The van der Waals surface area contributed by atoms with E-state index in [4.69, 9.17) is 14.6 Å². The number of carbonyl (C=O) groups excluding carboxylic acids is 1. The summed E-state index contributed by atoms with van der Waals surface area (Å²) in [5.41, 5.74) is 1.07. The molecule has 0 unspecified atom stereocenters. The molecule has 1 aromatic heterocycles. The Kier molecular flexibility index (Phi) is 2.80. The van der Waals surface area contributed by atoms with Gasteiger partial charge >= 0.3 is 5.97 Å². The van der Waals surface area contributed by atoms with Gasteiger partial charge in [0.15, 0.2) is 17.2 Å². The Labute approximate surface area is 128 Å². The van der Waals surface area contributed by atoms with Crippen LogP contribution in [-0.2, 0) is 4.79 Å². The molecule has 2 aromatic rings. The topological polar surface area (TPSA) is 97.8 Å². The molecule has 1 amide bonds. The fraction of sp³-hybridized carbons (Fsp3) is 0.214. The van der Waals surface area contributed by atoms with E-state index in [0.29, 0.717) is 17.2 Å². The number of rotatable bonds is 2. The number of anilines is 1. The van der Waals surface area contributed by atoms with Gasteiger partial charge in [0, 0.05) is 12.3 Å². The molecule has 0 fully saturated rings. The predicted octanol–water partition coefficient (Wildman–Crippen LogP) is 2.04. The van der Waals surface area contributed by atoms with Crippen molar-refractivity contribution in [2.24, 2.45) is 0 Å². The van der Waals surface area contributed by atoms with Gasteiger partial charge < -0.3 is 19.9 Å². The minimum absolute atomic E-state index is 0.112. The van der Waals surface area contributed by atoms with Gasteiger partial charge in [0.05, 0.1) is 10.6 Å². The van der Waals surface area contributed by atoms with Crippen molar-refractivity contribution in [3.63, 3.8) is 0 Å². The molecule has 1 atom stereocenters. The molecule has 112 valence electrons. The van der Waals surface area contributed by atoms with E-state index in [1.807, 2.05) is 12.1 Å². The minimum Gasteiger partial charge on any atom is -0.476 e. The summed E-state index contributed by atoms with van der Waals surface area (Å²) >= 11 is 1.10. The molecule has 0 saturated carbocycles. The maximum absolute atomic E-state index is 11.9. The third-order valence-electron chi connectivity index (χ3n) is 3.69. The van der Waals surface area contributed by atoms with E-state index < -0.39 is 5.97 Å². The summed E-state index contributed by atoms with van der Waals surface area (Å²) in [5.74, 6) is -0.307. The van der Waals surface area contributed by atoms with E-state index in [-0.39, 0.29) is 30.7 Å². The third-order valence-corrected chi connectivity index (χ3v) is 4.65. The summed E-state index contributed by atoms with van der Waals surface area (Å²) in [6, 6.07) is 5.49. The van der Waals surface area contributed by atoms with E-state index in [2.05, 4.69) is 9.69 Å². The molecule has 8 heteroatoms. The number of nitrogens with one attached hydrogen (secondary N) is 1. The predicted molar refractivity (Wildman–Crippen MR) is 76.7 cm³/mol. The second kappa shape index (κ2) is 4.70. The molecule has 0 spiro atoms. The molecule has 0 saturated heterocycles. The van der Waals surface area contributed by atoms with Crippen LogP contribution in [0.3, 0.4) is 0 Å².